The number of carbonyl (C=O) groups is 1. The predicted molar refractivity (Wildman–Crippen MR) is 109 cm³/mol. The van der Waals surface area contributed by atoms with E-state index in [1.807, 2.05) is 16.9 Å². The van der Waals surface area contributed by atoms with E-state index in [2.05, 4.69) is 15.4 Å². The number of carbonyl (C=O) groups excluding carboxylic acids is 1. The molecule has 1 aromatic carbocycles. The molecule has 160 valence electrons. The van der Waals surface area contributed by atoms with Crippen LogP contribution < -0.4 is 14.8 Å². The number of nitrogens with one attached hydrogen (secondary N) is 2. The number of rotatable bonds is 0. The number of benzene rings is 1. The van der Waals surface area contributed by atoms with Gasteiger partial charge in [0, 0.05) is 17.8 Å². The summed E-state index contributed by atoms with van der Waals surface area (Å²) in [5.74, 6) is -0.711. The first-order chi connectivity index (χ1) is 14.9. The second-order valence-corrected chi connectivity index (χ2v) is 8.91. The van der Waals surface area contributed by atoms with E-state index in [1.54, 1.807) is 18.3 Å². The highest BCUT2D eigenvalue weighted by atomic mass is 32.2. The average Bonchev–Trinajstić information content (AvgIpc) is 3.34. The zero-order valence-electron chi connectivity index (χ0n) is 16.3. The molecule has 2 aromatic heterocycles. The van der Waals surface area contributed by atoms with Crippen molar-refractivity contribution in [3.8, 4) is 17.0 Å². The monoisotopic (exact) mass is 443 g/mol. The highest BCUT2D eigenvalue weighted by molar-refractivity contribution is 7.90. The minimum atomic E-state index is -4.51. The molecule has 2 aliphatic rings. The van der Waals surface area contributed by atoms with Gasteiger partial charge in [-0.2, -0.15) is 13.5 Å². The molecule has 4 bridgehead atoms. The third-order valence-corrected chi connectivity index (χ3v) is 6.54. The number of hydrogen-bond acceptors (Lipinski definition) is 6. The molecule has 1 aliphatic carbocycles. The maximum absolute atomic E-state index is 14.2. The summed E-state index contributed by atoms with van der Waals surface area (Å²) in [7, 11) is -4.51. The second kappa shape index (κ2) is 7.34. The van der Waals surface area contributed by atoms with Gasteiger partial charge in [0.1, 0.15) is 6.61 Å². The van der Waals surface area contributed by atoms with Gasteiger partial charge in [-0.1, -0.05) is 12.1 Å². The molecule has 31 heavy (non-hydrogen) atoms. The number of amides is 2. The van der Waals surface area contributed by atoms with Crippen LogP contribution in [0.3, 0.4) is 0 Å². The van der Waals surface area contributed by atoms with Crippen LogP contribution in [-0.4, -0.2) is 35.8 Å². The summed E-state index contributed by atoms with van der Waals surface area (Å²) in [4.78, 5) is 16.9. The fourth-order valence-electron chi connectivity index (χ4n) is 3.93. The Morgan fingerprint density at radius 2 is 2.06 bits per heavy atom. The molecule has 0 saturated carbocycles. The molecule has 1 aliphatic heterocycles. The largest absolute Gasteiger partial charge is 0.476 e. The van der Waals surface area contributed by atoms with Crippen LogP contribution in [0.25, 0.3) is 11.1 Å². The average molecular weight is 443 g/mol. The second-order valence-electron chi connectivity index (χ2n) is 7.32. The lowest BCUT2D eigenvalue weighted by molar-refractivity contribution is 0.256. The molecular weight excluding hydrogens is 425 g/mol. The highest BCUT2D eigenvalue weighted by Crippen LogP contribution is 2.38. The summed E-state index contributed by atoms with van der Waals surface area (Å²) >= 11 is 0. The van der Waals surface area contributed by atoms with Crippen molar-refractivity contribution in [2.75, 3.05) is 11.9 Å². The molecule has 3 heterocycles. The van der Waals surface area contributed by atoms with Crippen LogP contribution in [0.5, 0.6) is 5.88 Å². The van der Waals surface area contributed by atoms with E-state index in [-0.39, 0.29) is 13.2 Å². The van der Waals surface area contributed by atoms with Crippen LogP contribution in [0.4, 0.5) is 14.9 Å². The first kappa shape index (κ1) is 19.5. The number of urea groups is 1. The van der Waals surface area contributed by atoms with E-state index in [1.165, 1.54) is 0 Å². The van der Waals surface area contributed by atoms with Crippen molar-refractivity contribution in [2.45, 2.75) is 30.8 Å². The number of fused-ring (bicyclic) bond motifs is 8. The standard InChI is InChI=1S/C20H18FN5O4S/c21-16-11-26-8-9-30-17-10-13(6-7-22-17)15-5-4-12-2-1-3-14(12)18(15)23-20(27)25-31(28,29)19(16)24-26/h4-7,10-11H,1-3,8-9H2,(H2,23,25,27). The van der Waals surface area contributed by atoms with Crippen LogP contribution in [0.2, 0.25) is 0 Å². The summed E-state index contributed by atoms with van der Waals surface area (Å²) in [5.41, 5.74) is 4.03. The molecular formula is C20H18FN5O4S. The van der Waals surface area contributed by atoms with Crippen LogP contribution >= 0.6 is 0 Å². The van der Waals surface area contributed by atoms with Crippen molar-refractivity contribution in [2.24, 2.45) is 0 Å². The quantitative estimate of drug-likeness (QED) is 0.552. The van der Waals surface area contributed by atoms with E-state index in [0.29, 0.717) is 17.1 Å². The van der Waals surface area contributed by atoms with Crippen molar-refractivity contribution < 1.29 is 22.3 Å². The molecule has 0 atom stereocenters. The number of aromatic nitrogens is 3. The number of anilines is 1. The van der Waals surface area contributed by atoms with Crippen LogP contribution in [0.1, 0.15) is 17.5 Å². The van der Waals surface area contributed by atoms with E-state index in [0.717, 1.165) is 46.8 Å². The van der Waals surface area contributed by atoms with Gasteiger partial charge < -0.3 is 10.1 Å². The SMILES string of the molecule is O=C1Nc2c(ccc3c2CCC3)-c2ccnc(c2)OCCn2cc(F)c(n2)S(=O)(=O)N1. The van der Waals surface area contributed by atoms with Gasteiger partial charge in [-0.15, -0.1) is 0 Å². The third kappa shape index (κ3) is 3.61. The van der Waals surface area contributed by atoms with Crippen molar-refractivity contribution in [1.82, 2.24) is 19.5 Å². The number of nitrogens with zero attached hydrogens (tertiary/aromatic N) is 3. The molecule has 2 amide bonds. The Morgan fingerprint density at radius 3 is 2.94 bits per heavy atom. The first-order valence-corrected chi connectivity index (χ1v) is 11.2. The zero-order chi connectivity index (χ0) is 21.6. The lowest BCUT2D eigenvalue weighted by Crippen LogP contribution is -2.35. The van der Waals surface area contributed by atoms with Crippen molar-refractivity contribution in [3.05, 3.63) is 53.6 Å². The lowest BCUT2D eigenvalue weighted by atomic mass is 9.98. The number of pyridine rings is 1. The summed E-state index contributed by atoms with van der Waals surface area (Å²) in [6.45, 7) is 0.188. The van der Waals surface area contributed by atoms with Gasteiger partial charge >= 0.3 is 6.03 Å². The van der Waals surface area contributed by atoms with E-state index in [4.69, 9.17) is 4.74 Å². The molecule has 3 aromatic rings. The van der Waals surface area contributed by atoms with Gasteiger partial charge in [0.15, 0.2) is 5.82 Å². The van der Waals surface area contributed by atoms with Gasteiger partial charge in [0.25, 0.3) is 10.0 Å². The molecule has 0 spiro atoms. The maximum Gasteiger partial charge on any atom is 0.333 e. The summed E-state index contributed by atoms with van der Waals surface area (Å²) in [6, 6.07) is 6.43. The Labute approximate surface area is 177 Å². The zero-order valence-corrected chi connectivity index (χ0v) is 17.1. The lowest BCUT2D eigenvalue weighted by Gasteiger charge is -2.17. The normalized spacial score (nSPS) is 17.3. The smallest absolute Gasteiger partial charge is 0.333 e. The topological polar surface area (TPSA) is 115 Å². The molecule has 9 nitrogen and oxygen atoms in total. The molecule has 0 saturated heterocycles. The Bertz CT molecular complexity index is 1300. The Kier molecular flexibility index (Phi) is 4.62. The fraction of sp³-hybridized carbons (Fsp3) is 0.250. The molecule has 0 unspecified atom stereocenters. The summed E-state index contributed by atoms with van der Waals surface area (Å²) in [6.07, 6.45) is 5.08. The third-order valence-electron chi connectivity index (χ3n) is 5.31. The Balaban J connectivity index is 1.64. The Hall–Kier alpha value is -3.47. The first-order valence-electron chi connectivity index (χ1n) is 9.71. The number of halogens is 1. The van der Waals surface area contributed by atoms with E-state index in [9.17, 15) is 17.6 Å². The summed E-state index contributed by atoms with van der Waals surface area (Å²) < 4.78 is 48.0. The number of sulfonamides is 1. The van der Waals surface area contributed by atoms with E-state index >= 15 is 0 Å². The number of hydrogen-bond donors (Lipinski definition) is 2. The predicted octanol–water partition coefficient (Wildman–Crippen LogP) is 2.48. The molecule has 5 rings (SSSR count). The molecule has 11 heteroatoms. The van der Waals surface area contributed by atoms with Crippen molar-refractivity contribution in [1.29, 1.82) is 0 Å². The van der Waals surface area contributed by atoms with Crippen LogP contribution in [0, 0.1) is 5.82 Å². The van der Waals surface area contributed by atoms with Crippen molar-refractivity contribution >= 4 is 21.7 Å². The Morgan fingerprint density at radius 1 is 1.19 bits per heavy atom. The highest BCUT2D eigenvalue weighted by Gasteiger charge is 2.28. The van der Waals surface area contributed by atoms with Crippen LogP contribution in [-0.2, 0) is 29.4 Å². The maximum atomic E-state index is 14.2. The van der Waals surface area contributed by atoms with Gasteiger partial charge in [-0.3, -0.25) is 4.68 Å². The van der Waals surface area contributed by atoms with Gasteiger partial charge in [0.2, 0.25) is 10.9 Å². The molecule has 0 radical (unpaired) electrons. The molecule has 0 fully saturated rings. The fourth-order valence-corrected chi connectivity index (χ4v) is 4.85. The van der Waals surface area contributed by atoms with Crippen molar-refractivity contribution in [3.63, 3.8) is 0 Å². The van der Waals surface area contributed by atoms with E-state index < -0.39 is 26.9 Å². The van der Waals surface area contributed by atoms with Gasteiger partial charge in [0.05, 0.1) is 18.4 Å². The van der Waals surface area contributed by atoms with Crippen LogP contribution in [0.15, 0.2) is 41.7 Å². The number of aryl methyl sites for hydroxylation is 1. The van der Waals surface area contributed by atoms with Gasteiger partial charge in [-0.05, 0) is 42.0 Å². The number of ether oxygens (including phenoxy) is 1. The van der Waals surface area contributed by atoms with Gasteiger partial charge in [-0.25, -0.2) is 18.9 Å². The molecule has 2 N–H and O–H groups in total. The minimum Gasteiger partial charge on any atom is -0.476 e. The summed E-state index contributed by atoms with van der Waals surface area (Å²) in [5, 5.41) is 5.57. The minimum absolute atomic E-state index is 0.0919.